The van der Waals surface area contributed by atoms with Gasteiger partial charge in [0.1, 0.15) is 59.8 Å². The molecule has 4 aromatic rings. The van der Waals surface area contributed by atoms with E-state index in [0.29, 0.717) is 22.3 Å². The van der Waals surface area contributed by atoms with Crippen molar-refractivity contribution in [3.63, 3.8) is 0 Å². The lowest BCUT2D eigenvalue weighted by Gasteiger charge is -2.40. The fourth-order valence-electron chi connectivity index (χ4n) is 6.34. The number of hydrogen-bond acceptors (Lipinski definition) is 18. The molecule has 25 heteroatoms. The molecule has 0 aliphatic carbocycles. The van der Waals surface area contributed by atoms with Crippen LogP contribution in [0.5, 0.6) is 0 Å². The number of nitrogens with zero attached hydrogens (tertiary/aromatic N) is 8. The van der Waals surface area contributed by atoms with E-state index >= 15 is 0 Å². The molecule has 4 N–H and O–H groups in total. The van der Waals surface area contributed by atoms with Crippen molar-refractivity contribution in [2.45, 2.75) is 94.4 Å². The molecular weight excluding hydrogens is 791 g/mol. The van der Waals surface area contributed by atoms with Crippen molar-refractivity contribution in [3.05, 3.63) is 25.3 Å². The van der Waals surface area contributed by atoms with Gasteiger partial charge in [0.15, 0.2) is 43.7 Å². The predicted molar refractivity (Wildman–Crippen MR) is 200 cm³/mol. The quantitative estimate of drug-likeness (QED) is 0.124. The Morgan fingerprint density at radius 3 is 2.02 bits per heavy atom. The molecule has 3 saturated heterocycles. The molecule has 0 saturated carbocycles. The zero-order valence-corrected chi connectivity index (χ0v) is 34.4. The smallest absolute Gasteiger partial charge is 0.386 e. The summed E-state index contributed by atoms with van der Waals surface area (Å²) < 4.78 is 82.1. The van der Waals surface area contributed by atoms with Crippen LogP contribution in [0.15, 0.2) is 25.3 Å². The van der Waals surface area contributed by atoms with Gasteiger partial charge in [0, 0.05) is 7.11 Å². The second-order valence-corrected chi connectivity index (χ2v) is 25.2. The zero-order chi connectivity index (χ0) is 38.3. The maximum absolute atomic E-state index is 14.4. The fraction of sp³-hybridized carbons (Fsp3) is 0.643. The Kier molecular flexibility index (Phi) is 10.1. The number of thiol groups is 2. The highest BCUT2D eigenvalue weighted by Crippen LogP contribution is 2.62. The Morgan fingerprint density at radius 1 is 0.887 bits per heavy atom. The minimum absolute atomic E-state index is 0.142. The topological polar surface area (TPSA) is 247 Å². The molecule has 53 heavy (non-hydrogen) atoms. The number of nitrogens with two attached hydrogens (primary N) is 2. The van der Waals surface area contributed by atoms with Crippen LogP contribution in [-0.4, -0.2) is 104 Å². The molecule has 1 unspecified atom stereocenters. The SMILES string of the molecule is CO[C@H]1[C@H](n2cnc3c(N)ncnc32)O[C@]2(C)CO[P@](=O)(S)O[C@@H]3C(O[Si](C)(C)C(C)(C)C)[C@@H](CO[P@](=O)(S)O[C@@H]12)O[C@H]3n1cnc2c(N)ncnc21. The molecule has 7 rings (SSSR count). The normalized spacial score (nSPS) is 35.9. The van der Waals surface area contributed by atoms with Gasteiger partial charge in [0.2, 0.25) is 0 Å². The predicted octanol–water partition coefficient (Wildman–Crippen LogP) is 4.31. The van der Waals surface area contributed by atoms with E-state index in [1.165, 1.54) is 32.4 Å². The van der Waals surface area contributed by atoms with Crippen LogP contribution in [0.2, 0.25) is 18.1 Å². The summed E-state index contributed by atoms with van der Waals surface area (Å²) in [5, 5.41) is -0.274. The van der Waals surface area contributed by atoms with Gasteiger partial charge in [0.05, 0.1) is 25.9 Å². The number of imidazole rings is 2. The van der Waals surface area contributed by atoms with E-state index in [0.717, 1.165) is 0 Å². The number of fused-ring (bicyclic) bond motifs is 5. The largest absolute Gasteiger partial charge is 0.408 e. The monoisotopic (exact) mass is 832 g/mol. The van der Waals surface area contributed by atoms with Crippen LogP contribution in [0, 0.1) is 0 Å². The van der Waals surface area contributed by atoms with Gasteiger partial charge in [-0.15, -0.1) is 0 Å². The van der Waals surface area contributed by atoms with E-state index in [1.807, 2.05) is 13.1 Å². The second kappa shape index (κ2) is 13.7. The summed E-state index contributed by atoms with van der Waals surface area (Å²) in [6.45, 7) is 2.46. The number of nitrogen functional groups attached to an aromatic ring is 2. The lowest BCUT2D eigenvalue weighted by molar-refractivity contribution is -0.112. The lowest BCUT2D eigenvalue weighted by Crippen LogP contribution is -2.50. The van der Waals surface area contributed by atoms with E-state index in [9.17, 15) is 9.13 Å². The summed E-state index contributed by atoms with van der Waals surface area (Å²) in [5.41, 5.74) is 11.9. The van der Waals surface area contributed by atoms with Gasteiger partial charge in [-0.2, -0.15) is 0 Å². The fourth-order valence-corrected chi connectivity index (χ4v) is 10.7. The second-order valence-electron chi connectivity index (χ2n) is 14.7. The molecule has 3 aliphatic rings. The number of hydrogen-bond donors (Lipinski definition) is 4. The van der Waals surface area contributed by atoms with Gasteiger partial charge in [-0.1, -0.05) is 45.3 Å². The highest BCUT2D eigenvalue weighted by Gasteiger charge is 2.59. The van der Waals surface area contributed by atoms with Gasteiger partial charge in [0.25, 0.3) is 0 Å². The van der Waals surface area contributed by atoms with Crippen LogP contribution in [0.1, 0.15) is 40.2 Å². The highest BCUT2D eigenvalue weighted by molar-refractivity contribution is 8.44. The maximum Gasteiger partial charge on any atom is 0.386 e. The summed E-state index contributed by atoms with van der Waals surface area (Å²) in [4.78, 5) is 25.4. The van der Waals surface area contributed by atoms with Crippen LogP contribution in [0.3, 0.4) is 0 Å². The van der Waals surface area contributed by atoms with Crippen molar-refractivity contribution in [2.75, 3.05) is 31.8 Å². The molecule has 10 atom stereocenters. The standard InChI is InChI=1S/C28H42N10O10P2S2Si/c1-27(2,3)53(6,7)48-17-14-8-42-49(39,51)47-20-19(41-5)26(38-13-36-16-22(30)32-11-34-24(16)38)45-28(20,4)9-43-50(40,52)46-18(17)25(44-14)37-12-35-15-21(29)31-10-33-23(15)37/h10-14,17-20,25-26H,8-9H2,1-7H3,(H,39,51)(H,40,52)(H2,29,31,33)(H2,30,32,34)/t14-,17?,18-,19-,20+,25-,26-,28-,49+,50+/m1/s1. The van der Waals surface area contributed by atoms with Crippen LogP contribution >= 0.6 is 38.1 Å². The van der Waals surface area contributed by atoms with Crippen molar-refractivity contribution in [2.24, 2.45) is 0 Å². The number of methoxy groups -OCH3 is 1. The van der Waals surface area contributed by atoms with E-state index in [4.69, 9.17) is 48.2 Å². The lowest BCUT2D eigenvalue weighted by atomic mass is 9.98. The van der Waals surface area contributed by atoms with Gasteiger partial charge >= 0.3 is 13.6 Å². The number of anilines is 2. The molecule has 2 bridgehead atoms. The van der Waals surface area contributed by atoms with Crippen LogP contribution in [-0.2, 0) is 45.9 Å². The molecule has 3 aliphatic heterocycles. The molecule has 290 valence electrons. The van der Waals surface area contributed by atoms with Crippen LogP contribution < -0.4 is 11.5 Å². The maximum atomic E-state index is 14.4. The number of aromatic nitrogens is 8. The molecule has 4 aromatic heterocycles. The molecule has 0 amide bonds. The minimum atomic E-state index is -4.33. The van der Waals surface area contributed by atoms with Crippen molar-refractivity contribution in [3.8, 4) is 0 Å². The minimum Gasteiger partial charge on any atom is -0.408 e. The summed E-state index contributed by atoms with van der Waals surface area (Å²) in [7, 11) is -1.20. The van der Waals surface area contributed by atoms with Gasteiger partial charge < -0.3 is 30.1 Å². The van der Waals surface area contributed by atoms with Crippen molar-refractivity contribution in [1.29, 1.82) is 0 Å². The average Bonchev–Trinajstić information content (AvgIpc) is 3.83. The van der Waals surface area contributed by atoms with Gasteiger partial charge in [-0.3, -0.25) is 27.2 Å². The first kappa shape index (κ1) is 39.0. The summed E-state index contributed by atoms with van der Waals surface area (Å²) >= 11 is 8.81. The number of rotatable bonds is 5. The first-order valence-corrected chi connectivity index (χ1v) is 24.8. The Morgan fingerprint density at radius 2 is 1.45 bits per heavy atom. The third-order valence-electron chi connectivity index (χ3n) is 10.1. The summed E-state index contributed by atoms with van der Waals surface area (Å²) in [6, 6.07) is 0. The van der Waals surface area contributed by atoms with Crippen molar-refractivity contribution >= 4 is 80.4 Å². The Bertz CT molecular complexity index is 2120. The molecule has 0 radical (unpaired) electrons. The van der Waals surface area contributed by atoms with Crippen LogP contribution in [0.4, 0.5) is 11.6 Å². The van der Waals surface area contributed by atoms with E-state index < -0.39 is 77.1 Å². The Balaban J connectivity index is 1.29. The van der Waals surface area contributed by atoms with Crippen molar-refractivity contribution in [1.82, 2.24) is 39.0 Å². The average molecular weight is 833 g/mol. The summed E-state index contributed by atoms with van der Waals surface area (Å²) in [5.74, 6) is 0.296. The third kappa shape index (κ3) is 7.18. The Hall–Kier alpha value is -2.24. The number of ether oxygens (including phenoxy) is 3. The van der Waals surface area contributed by atoms with E-state index in [2.05, 4.69) is 75.2 Å². The third-order valence-corrected chi connectivity index (χ3v) is 17.8. The van der Waals surface area contributed by atoms with Gasteiger partial charge in [-0.25, -0.2) is 39.0 Å². The Labute approximate surface area is 315 Å². The first-order valence-electron chi connectivity index (χ1n) is 16.5. The first-order chi connectivity index (χ1) is 24.7. The van der Waals surface area contributed by atoms with E-state index in [-0.39, 0.29) is 23.3 Å². The van der Waals surface area contributed by atoms with Gasteiger partial charge in [-0.05, 0) is 25.1 Å². The molecule has 20 nitrogen and oxygen atoms in total. The van der Waals surface area contributed by atoms with Crippen molar-refractivity contribution < 1.29 is 45.9 Å². The zero-order valence-electron chi connectivity index (χ0n) is 29.9. The van der Waals surface area contributed by atoms with E-state index in [1.54, 1.807) is 16.1 Å². The summed E-state index contributed by atoms with van der Waals surface area (Å²) in [6.07, 6.45) is -1.88. The highest BCUT2D eigenvalue weighted by atomic mass is 32.7. The van der Waals surface area contributed by atoms with Crippen LogP contribution in [0.25, 0.3) is 22.3 Å². The molecule has 3 fully saturated rings. The molecule has 7 heterocycles. The molecule has 0 aromatic carbocycles. The molecule has 0 spiro atoms. The molecular formula is C28H42N10O10P2S2Si.